The van der Waals surface area contributed by atoms with Crippen LogP contribution in [0.15, 0.2) is 47.5 Å². The highest BCUT2D eigenvalue weighted by molar-refractivity contribution is 6.33. The van der Waals surface area contributed by atoms with Crippen LogP contribution in [-0.4, -0.2) is 51.1 Å². The maximum Gasteiger partial charge on any atom is 0.271 e. The number of rotatable bonds is 10. The van der Waals surface area contributed by atoms with Crippen LogP contribution in [0, 0.1) is 5.92 Å². The van der Waals surface area contributed by atoms with Crippen molar-refractivity contribution in [3.8, 4) is 17.2 Å². The number of nitrogens with zero attached hydrogens (tertiary/aromatic N) is 4. The number of amides is 1. The standard InChI is InChI=1S/C26H32ClN5O6/c1-16(2)11-19(25(34)29-22-9-10-31(30-22)14-18-15-36-26(3,4)38-18)32-23(33)12-17(13-28-32)37-21-8-6-7-20(35-5)24(21)27/h6-10,12-13,16,18-19H,11,14-15H2,1-5H3,(H,29,30,34)/t18-,19?/m1/s1. The largest absolute Gasteiger partial charge is 0.495 e. The number of carbonyl (C=O) groups excluding carboxylic acids is 1. The van der Waals surface area contributed by atoms with Gasteiger partial charge in [-0.05, 0) is 38.3 Å². The van der Waals surface area contributed by atoms with Crippen molar-refractivity contribution in [2.24, 2.45) is 5.92 Å². The van der Waals surface area contributed by atoms with Gasteiger partial charge in [0.25, 0.3) is 11.5 Å². The second-order valence-corrected chi connectivity index (χ2v) is 10.2. The molecule has 1 aromatic carbocycles. The number of hydrogen-bond donors (Lipinski definition) is 1. The maximum absolute atomic E-state index is 13.3. The molecule has 3 aromatic rings. The Labute approximate surface area is 225 Å². The van der Waals surface area contributed by atoms with Crippen LogP contribution in [0.1, 0.15) is 40.2 Å². The highest BCUT2D eigenvalue weighted by Crippen LogP contribution is 2.36. The van der Waals surface area contributed by atoms with Gasteiger partial charge in [-0.2, -0.15) is 10.2 Å². The Balaban J connectivity index is 1.47. The minimum Gasteiger partial charge on any atom is -0.495 e. The first kappa shape index (κ1) is 27.6. The summed E-state index contributed by atoms with van der Waals surface area (Å²) in [6, 6.07) is 7.17. The highest BCUT2D eigenvalue weighted by Gasteiger charge is 2.33. The van der Waals surface area contributed by atoms with Crippen molar-refractivity contribution in [1.82, 2.24) is 19.6 Å². The molecule has 12 heteroatoms. The van der Waals surface area contributed by atoms with Gasteiger partial charge in [-0.1, -0.05) is 31.5 Å². The lowest BCUT2D eigenvalue weighted by Crippen LogP contribution is -2.35. The Morgan fingerprint density at radius 1 is 1.29 bits per heavy atom. The minimum atomic E-state index is -0.852. The van der Waals surface area contributed by atoms with E-state index in [2.05, 4.69) is 15.5 Å². The van der Waals surface area contributed by atoms with Crippen molar-refractivity contribution in [2.45, 2.75) is 58.6 Å². The summed E-state index contributed by atoms with van der Waals surface area (Å²) in [6.45, 7) is 8.59. The Hall–Kier alpha value is -3.41. The number of benzene rings is 1. The average molecular weight is 546 g/mol. The van der Waals surface area contributed by atoms with E-state index in [0.717, 1.165) is 4.68 Å². The van der Waals surface area contributed by atoms with Crippen molar-refractivity contribution in [2.75, 3.05) is 19.0 Å². The fraction of sp³-hybridized carbons (Fsp3) is 0.462. The Morgan fingerprint density at radius 2 is 2.05 bits per heavy atom. The lowest BCUT2D eigenvalue weighted by Gasteiger charge is -2.20. The quantitative estimate of drug-likeness (QED) is 0.401. The minimum absolute atomic E-state index is 0.117. The second-order valence-electron chi connectivity index (χ2n) is 9.86. The molecule has 0 radical (unpaired) electrons. The van der Waals surface area contributed by atoms with Gasteiger partial charge in [0.1, 0.15) is 28.7 Å². The van der Waals surface area contributed by atoms with Crippen LogP contribution in [0.2, 0.25) is 5.02 Å². The molecular weight excluding hydrogens is 514 g/mol. The van der Waals surface area contributed by atoms with Gasteiger partial charge >= 0.3 is 0 Å². The third-order valence-corrected chi connectivity index (χ3v) is 6.19. The molecule has 1 fully saturated rings. The average Bonchev–Trinajstić information content (AvgIpc) is 3.44. The predicted octanol–water partition coefficient (Wildman–Crippen LogP) is 4.27. The molecule has 1 N–H and O–H groups in total. The summed E-state index contributed by atoms with van der Waals surface area (Å²) in [5.41, 5.74) is -0.492. The van der Waals surface area contributed by atoms with Crippen molar-refractivity contribution < 1.29 is 23.7 Å². The van der Waals surface area contributed by atoms with Crippen LogP contribution in [0.4, 0.5) is 5.82 Å². The number of carbonyl (C=O) groups is 1. The SMILES string of the molecule is COc1cccc(Oc2cnn(C(CC(C)C)C(=O)Nc3ccn(C[C@@H]4COC(C)(C)O4)n3)c(=O)c2)c1Cl. The van der Waals surface area contributed by atoms with Crippen LogP contribution in [-0.2, 0) is 20.8 Å². The molecule has 4 rings (SSSR count). The summed E-state index contributed by atoms with van der Waals surface area (Å²) in [5.74, 6) is 0.397. The Morgan fingerprint density at radius 3 is 2.71 bits per heavy atom. The number of aromatic nitrogens is 4. The fourth-order valence-corrected chi connectivity index (χ4v) is 4.35. The number of halogens is 1. The Bertz CT molecular complexity index is 1340. The van der Waals surface area contributed by atoms with Gasteiger partial charge in [0.05, 0.1) is 26.5 Å². The van der Waals surface area contributed by atoms with Gasteiger partial charge in [0.15, 0.2) is 17.4 Å². The van der Waals surface area contributed by atoms with Crippen LogP contribution in [0.5, 0.6) is 17.2 Å². The van der Waals surface area contributed by atoms with Crippen molar-refractivity contribution in [3.63, 3.8) is 0 Å². The summed E-state index contributed by atoms with van der Waals surface area (Å²) >= 11 is 6.29. The van der Waals surface area contributed by atoms with E-state index in [-0.39, 0.29) is 22.8 Å². The Kier molecular flexibility index (Phi) is 8.39. The molecule has 1 unspecified atom stereocenters. The lowest BCUT2D eigenvalue weighted by molar-refractivity contribution is -0.139. The van der Waals surface area contributed by atoms with Gasteiger partial charge in [-0.3, -0.25) is 14.3 Å². The summed E-state index contributed by atoms with van der Waals surface area (Å²) in [7, 11) is 1.50. The molecule has 0 spiro atoms. The number of nitrogens with one attached hydrogen (secondary N) is 1. The molecule has 1 aliphatic rings. The summed E-state index contributed by atoms with van der Waals surface area (Å²) < 4.78 is 25.2. The third kappa shape index (κ3) is 6.72. The van der Waals surface area contributed by atoms with Crippen molar-refractivity contribution >= 4 is 23.3 Å². The first-order valence-corrected chi connectivity index (χ1v) is 12.7. The molecule has 2 aromatic heterocycles. The molecule has 11 nitrogen and oxygen atoms in total. The first-order chi connectivity index (χ1) is 18.0. The monoisotopic (exact) mass is 545 g/mol. The van der Waals surface area contributed by atoms with Crippen LogP contribution in [0.3, 0.4) is 0 Å². The van der Waals surface area contributed by atoms with Gasteiger partial charge in [0.2, 0.25) is 0 Å². The van der Waals surface area contributed by atoms with E-state index in [1.165, 1.54) is 19.4 Å². The van der Waals surface area contributed by atoms with Gasteiger partial charge in [-0.25, -0.2) is 4.68 Å². The fourth-order valence-electron chi connectivity index (χ4n) is 4.11. The molecular formula is C26H32ClN5O6. The molecule has 1 amide bonds. The lowest BCUT2D eigenvalue weighted by atomic mass is 10.0. The zero-order valence-corrected chi connectivity index (χ0v) is 22.8. The van der Waals surface area contributed by atoms with E-state index >= 15 is 0 Å². The smallest absolute Gasteiger partial charge is 0.271 e. The third-order valence-electron chi connectivity index (χ3n) is 5.82. The van der Waals surface area contributed by atoms with Crippen molar-refractivity contribution in [3.05, 3.63) is 58.1 Å². The van der Waals surface area contributed by atoms with Crippen LogP contribution >= 0.6 is 11.6 Å². The zero-order valence-electron chi connectivity index (χ0n) is 22.0. The molecule has 38 heavy (non-hydrogen) atoms. The first-order valence-electron chi connectivity index (χ1n) is 12.3. The molecule has 204 valence electrons. The molecule has 3 heterocycles. The molecule has 0 bridgehead atoms. The van der Waals surface area contributed by atoms with E-state index < -0.39 is 23.3 Å². The van der Waals surface area contributed by atoms with Crippen LogP contribution < -0.4 is 20.3 Å². The van der Waals surface area contributed by atoms with Gasteiger partial charge in [0, 0.05) is 18.3 Å². The van der Waals surface area contributed by atoms with E-state index in [4.69, 9.17) is 30.5 Å². The molecule has 0 aliphatic carbocycles. The number of methoxy groups -OCH3 is 1. The summed E-state index contributed by atoms with van der Waals surface area (Å²) in [6.07, 6.45) is 3.38. The van der Waals surface area contributed by atoms with Crippen molar-refractivity contribution in [1.29, 1.82) is 0 Å². The molecule has 1 saturated heterocycles. The zero-order chi connectivity index (χ0) is 27.4. The highest BCUT2D eigenvalue weighted by atomic mass is 35.5. The number of anilines is 1. The maximum atomic E-state index is 13.3. The number of hydrogen-bond acceptors (Lipinski definition) is 8. The van der Waals surface area contributed by atoms with E-state index in [0.29, 0.717) is 36.9 Å². The summed E-state index contributed by atoms with van der Waals surface area (Å²) in [5, 5.41) is 11.7. The second kappa shape index (κ2) is 11.5. The van der Waals surface area contributed by atoms with Gasteiger partial charge in [-0.15, -0.1) is 0 Å². The van der Waals surface area contributed by atoms with Crippen LogP contribution in [0.25, 0.3) is 0 Å². The van der Waals surface area contributed by atoms with Gasteiger partial charge < -0.3 is 24.3 Å². The molecule has 1 aliphatic heterocycles. The van der Waals surface area contributed by atoms with E-state index in [1.807, 2.05) is 27.7 Å². The molecule has 2 atom stereocenters. The topological polar surface area (TPSA) is 119 Å². The summed E-state index contributed by atoms with van der Waals surface area (Å²) in [4.78, 5) is 26.3. The normalized spacial score (nSPS) is 17.4. The molecule has 0 saturated carbocycles. The van der Waals surface area contributed by atoms with E-state index in [9.17, 15) is 9.59 Å². The van der Waals surface area contributed by atoms with E-state index in [1.54, 1.807) is 35.1 Å². The number of ether oxygens (including phenoxy) is 4. The predicted molar refractivity (Wildman–Crippen MR) is 141 cm³/mol.